The average molecular weight is 452 g/mol. The smallest absolute Gasteiger partial charge is 0.251 e. The Morgan fingerprint density at radius 3 is 2.30 bits per heavy atom. The lowest BCUT2D eigenvalue weighted by molar-refractivity contribution is 0.0908. The van der Waals surface area contributed by atoms with Crippen LogP contribution in [0, 0.1) is 6.92 Å². The fourth-order valence-corrected chi connectivity index (χ4v) is 4.67. The summed E-state index contributed by atoms with van der Waals surface area (Å²) in [6.45, 7) is 4.68. The van der Waals surface area contributed by atoms with Crippen molar-refractivity contribution in [2.75, 3.05) is 34.4 Å². The first-order valence-electron chi connectivity index (χ1n) is 11.3. The van der Waals surface area contributed by atoms with Crippen LogP contribution in [-0.2, 0) is 13.6 Å². The summed E-state index contributed by atoms with van der Waals surface area (Å²) in [6.07, 6.45) is 4.04. The van der Waals surface area contributed by atoms with Crippen molar-refractivity contribution in [3.8, 4) is 17.2 Å². The SMILES string of the molecule is COc1ccc2c(c1)c(CN1CCC(NC(=O)c3cc(OC)c(C)c(OC)c3)CC1)cn2C. The van der Waals surface area contributed by atoms with Gasteiger partial charge in [0.1, 0.15) is 17.2 Å². The fraction of sp³-hybridized carbons (Fsp3) is 0.423. The van der Waals surface area contributed by atoms with E-state index in [2.05, 4.69) is 40.2 Å². The second kappa shape index (κ2) is 9.75. The minimum atomic E-state index is -0.0915. The zero-order valence-electron chi connectivity index (χ0n) is 20.1. The molecule has 1 saturated heterocycles. The molecule has 1 amide bonds. The molecule has 1 N–H and O–H groups in total. The molecule has 176 valence electrons. The molecular formula is C26H33N3O4. The van der Waals surface area contributed by atoms with Gasteiger partial charge in [0.15, 0.2) is 0 Å². The first kappa shape index (κ1) is 23.0. The van der Waals surface area contributed by atoms with E-state index in [-0.39, 0.29) is 11.9 Å². The number of nitrogens with zero attached hydrogens (tertiary/aromatic N) is 2. The van der Waals surface area contributed by atoms with Crippen LogP contribution < -0.4 is 19.5 Å². The van der Waals surface area contributed by atoms with Crippen LogP contribution in [0.25, 0.3) is 10.9 Å². The van der Waals surface area contributed by atoms with Crippen molar-refractivity contribution in [2.45, 2.75) is 32.4 Å². The Hall–Kier alpha value is -3.19. The quantitative estimate of drug-likeness (QED) is 0.590. The molecule has 7 nitrogen and oxygen atoms in total. The zero-order valence-corrected chi connectivity index (χ0v) is 20.1. The van der Waals surface area contributed by atoms with Gasteiger partial charge in [0.25, 0.3) is 5.91 Å². The van der Waals surface area contributed by atoms with Gasteiger partial charge in [-0.05, 0) is 55.7 Å². The number of fused-ring (bicyclic) bond motifs is 1. The summed E-state index contributed by atoms with van der Waals surface area (Å²) in [6, 6.07) is 9.92. The van der Waals surface area contributed by atoms with Gasteiger partial charge in [0, 0.05) is 61.0 Å². The number of hydrogen-bond acceptors (Lipinski definition) is 5. The molecule has 33 heavy (non-hydrogen) atoms. The highest BCUT2D eigenvalue weighted by atomic mass is 16.5. The number of piperidine rings is 1. The van der Waals surface area contributed by atoms with Crippen LogP contribution in [0.3, 0.4) is 0 Å². The summed E-state index contributed by atoms with van der Waals surface area (Å²) < 4.78 is 18.4. The van der Waals surface area contributed by atoms with Crippen LogP contribution in [0.1, 0.15) is 34.3 Å². The summed E-state index contributed by atoms with van der Waals surface area (Å²) in [7, 11) is 6.98. The number of amides is 1. The molecule has 0 spiro atoms. The molecule has 0 atom stereocenters. The average Bonchev–Trinajstić information content (AvgIpc) is 3.14. The summed E-state index contributed by atoms with van der Waals surface area (Å²) in [4.78, 5) is 15.3. The van der Waals surface area contributed by atoms with Crippen LogP contribution in [0.5, 0.6) is 17.2 Å². The molecule has 2 heterocycles. The number of carbonyl (C=O) groups is 1. The molecule has 2 aromatic carbocycles. The van der Waals surface area contributed by atoms with Gasteiger partial charge in [-0.2, -0.15) is 0 Å². The number of aromatic nitrogens is 1. The van der Waals surface area contributed by atoms with Gasteiger partial charge in [0.2, 0.25) is 0 Å². The molecule has 3 aromatic rings. The molecule has 7 heteroatoms. The minimum Gasteiger partial charge on any atom is -0.497 e. The maximum atomic E-state index is 12.9. The fourth-order valence-electron chi connectivity index (χ4n) is 4.67. The van der Waals surface area contributed by atoms with Gasteiger partial charge in [-0.3, -0.25) is 9.69 Å². The summed E-state index contributed by atoms with van der Waals surface area (Å²) in [5.74, 6) is 2.09. The van der Waals surface area contributed by atoms with Crippen molar-refractivity contribution in [1.82, 2.24) is 14.8 Å². The molecule has 1 aliphatic heterocycles. The van der Waals surface area contributed by atoms with Gasteiger partial charge in [-0.25, -0.2) is 0 Å². The van der Waals surface area contributed by atoms with Gasteiger partial charge >= 0.3 is 0 Å². The summed E-state index contributed by atoms with van der Waals surface area (Å²) >= 11 is 0. The molecule has 1 fully saturated rings. The topological polar surface area (TPSA) is 65.0 Å². The van der Waals surface area contributed by atoms with Crippen LogP contribution in [0.4, 0.5) is 0 Å². The van der Waals surface area contributed by atoms with Crippen molar-refractivity contribution in [2.24, 2.45) is 7.05 Å². The van der Waals surface area contributed by atoms with E-state index in [4.69, 9.17) is 14.2 Å². The first-order valence-corrected chi connectivity index (χ1v) is 11.3. The minimum absolute atomic E-state index is 0.0915. The Kier molecular flexibility index (Phi) is 6.79. The van der Waals surface area contributed by atoms with E-state index in [1.54, 1.807) is 33.5 Å². The lowest BCUT2D eigenvalue weighted by Crippen LogP contribution is -2.44. The van der Waals surface area contributed by atoms with E-state index in [0.717, 1.165) is 43.8 Å². The van der Waals surface area contributed by atoms with Gasteiger partial charge < -0.3 is 24.1 Å². The number of methoxy groups -OCH3 is 3. The highest BCUT2D eigenvalue weighted by Gasteiger charge is 2.23. The van der Waals surface area contributed by atoms with E-state index < -0.39 is 0 Å². The molecule has 0 unspecified atom stereocenters. The number of aryl methyl sites for hydroxylation is 1. The predicted octanol–water partition coefficient (Wildman–Crippen LogP) is 3.91. The number of ether oxygens (including phenoxy) is 3. The number of nitrogens with one attached hydrogen (secondary N) is 1. The molecule has 1 aliphatic rings. The Bertz CT molecular complexity index is 1120. The van der Waals surface area contributed by atoms with E-state index in [9.17, 15) is 4.79 Å². The molecule has 0 aliphatic carbocycles. The normalized spacial score (nSPS) is 14.9. The second-order valence-electron chi connectivity index (χ2n) is 8.68. The Balaban J connectivity index is 1.38. The zero-order chi connectivity index (χ0) is 23.5. The molecular weight excluding hydrogens is 418 g/mol. The molecule has 1 aromatic heterocycles. The van der Waals surface area contributed by atoms with Crippen LogP contribution >= 0.6 is 0 Å². The van der Waals surface area contributed by atoms with E-state index in [0.29, 0.717) is 17.1 Å². The molecule has 0 saturated carbocycles. The summed E-state index contributed by atoms with van der Waals surface area (Å²) in [5.41, 5.74) is 3.95. The highest BCUT2D eigenvalue weighted by molar-refractivity contribution is 5.95. The van der Waals surface area contributed by atoms with Gasteiger partial charge in [0.05, 0.1) is 21.3 Å². The lowest BCUT2D eigenvalue weighted by Gasteiger charge is -2.32. The third-order valence-corrected chi connectivity index (χ3v) is 6.61. The van der Waals surface area contributed by atoms with E-state index in [1.807, 2.05) is 13.0 Å². The Labute approximate surface area is 195 Å². The Morgan fingerprint density at radius 1 is 1.03 bits per heavy atom. The third kappa shape index (κ3) is 4.78. The van der Waals surface area contributed by atoms with Crippen LogP contribution in [-0.4, -0.2) is 55.8 Å². The highest BCUT2D eigenvalue weighted by Crippen LogP contribution is 2.30. The van der Waals surface area contributed by atoms with Crippen molar-refractivity contribution in [1.29, 1.82) is 0 Å². The maximum Gasteiger partial charge on any atom is 0.251 e. The number of rotatable bonds is 7. The summed E-state index contributed by atoms with van der Waals surface area (Å²) in [5, 5.41) is 4.42. The van der Waals surface area contributed by atoms with Gasteiger partial charge in [-0.15, -0.1) is 0 Å². The van der Waals surface area contributed by atoms with Gasteiger partial charge in [-0.1, -0.05) is 0 Å². The molecule has 0 bridgehead atoms. The number of benzene rings is 2. The maximum absolute atomic E-state index is 12.9. The van der Waals surface area contributed by atoms with E-state index >= 15 is 0 Å². The lowest BCUT2D eigenvalue weighted by atomic mass is 10.0. The standard InChI is InChI=1S/C26H33N3O4/c1-17-24(32-4)12-18(13-25(17)33-5)26(30)27-20-8-10-29(11-9-20)16-19-15-28(2)23-7-6-21(31-3)14-22(19)23/h6-7,12-15,20H,8-11,16H2,1-5H3,(H,27,30). The van der Waals surface area contributed by atoms with Crippen molar-refractivity contribution < 1.29 is 19.0 Å². The predicted molar refractivity (Wildman–Crippen MR) is 130 cm³/mol. The van der Waals surface area contributed by atoms with Crippen LogP contribution in [0.2, 0.25) is 0 Å². The third-order valence-electron chi connectivity index (χ3n) is 6.61. The largest absolute Gasteiger partial charge is 0.497 e. The number of hydrogen-bond donors (Lipinski definition) is 1. The van der Waals surface area contributed by atoms with E-state index in [1.165, 1.54) is 16.5 Å². The monoisotopic (exact) mass is 451 g/mol. The number of likely N-dealkylation sites (tertiary alicyclic amines) is 1. The van der Waals surface area contributed by atoms with Crippen molar-refractivity contribution >= 4 is 16.8 Å². The number of carbonyl (C=O) groups excluding carboxylic acids is 1. The van der Waals surface area contributed by atoms with Crippen LogP contribution in [0.15, 0.2) is 36.5 Å². The van der Waals surface area contributed by atoms with Crippen molar-refractivity contribution in [3.63, 3.8) is 0 Å². The molecule has 4 rings (SSSR count). The van der Waals surface area contributed by atoms with Crippen molar-refractivity contribution in [3.05, 3.63) is 53.2 Å². The first-order chi connectivity index (χ1) is 15.9. The second-order valence-corrected chi connectivity index (χ2v) is 8.68. The Morgan fingerprint density at radius 2 is 1.70 bits per heavy atom. The molecule has 0 radical (unpaired) electrons.